The van der Waals surface area contributed by atoms with E-state index in [4.69, 9.17) is 16.3 Å². The van der Waals surface area contributed by atoms with Gasteiger partial charge in [-0.1, -0.05) is 34.5 Å². The first-order chi connectivity index (χ1) is 9.70. The Morgan fingerprint density at radius 2 is 2.15 bits per heavy atom. The first kappa shape index (κ1) is 16.3. The highest BCUT2D eigenvalue weighted by Crippen LogP contribution is 2.33. The van der Waals surface area contributed by atoms with Crippen molar-refractivity contribution in [1.29, 1.82) is 0 Å². The highest BCUT2D eigenvalue weighted by molar-refractivity contribution is 9.10. The molecule has 0 radical (unpaired) electrons. The van der Waals surface area contributed by atoms with Gasteiger partial charge in [0.25, 0.3) is 0 Å². The molecule has 0 aromatic heterocycles. The van der Waals surface area contributed by atoms with Crippen LogP contribution in [0.5, 0.6) is 0 Å². The Morgan fingerprint density at radius 1 is 1.40 bits per heavy atom. The summed E-state index contributed by atoms with van der Waals surface area (Å²) in [7, 11) is 0. The standard InChI is InChI=1S/C16H23BrClNO/c1-2-7-19-16(10-12-5-8-20-9-6-12)14-11-13(18)3-4-15(14)17/h3-4,11-12,16,19H,2,5-10H2,1H3. The number of nitrogens with one attached hydrogen (secondary N) is 1. The maximum Gasteiger partial charge on any atom is 0.0468 e. The van der Waals surface area contributed by atoms with E-state index >= 15 is 0 Å². The molecule has 0 amide bonds. The van der Waals surface area contributed by atoms with Crippen LogP contribution in [0.3, 0.4) is 0 Å². The summed E-state index contributed by atoms with van der Waals surface area (Å²) in [5, 5.41) is 4.48. The van der Waals surface area contributed by atoms with Gasteiger partial charge in [-0.25, -0.2) is 0 Å². The molecule has 2 nitrogen and oxygen atoms in total. The van der Waals surface area contributed by atoms with Crippen molar-refractivity contribution in [3.05, 3.63) is 33.3 Å². The molecule has 4 heteroatoms. The molecule has 1 heterocycles. The number of hydrogen-bond acceptors (Lipinski definition) is 2. The van der Waals surface area contributed by atoms with Crippen molar-refractivity contribution < 1.29 is 4.74 Å². The number of hydrogen-bond donors (Lipinski definition) is 1. The normalized spacial score (nSPS) is 18.1. The van der Waals surface area contributed by atoms with Crippen LogP contribution in [-0.2, 0) is 4.74 Å². The van der Waals surface area contributed by atoms with E-state index in [1.165, 1.54) is 18.4 Å². The summed E-state index contributed by atoms with van der Waals surface area (Å²) < 4.78 is 6.60. The largest absolute Gasteiger partial charge is 0.381 e. The zero-order valence-corrected chi connectivity index (χ0v) is 14.3. The Balaban J connectivity index is 2.10. The van der Waals surface area contributed by atoms with Gasteiger partial charge in [0.1, 0.15) is 0 Å². The summed E-state index contributed by atoms with van der Waals surface area (Å²) in [5.74, 6) is 0.740. The lowest BCUT2D eigenvalue weighted by Gasteiger charge is -2.28. The van der Waals surface area contributed by atoms with E-state index in [9.17, 15) is 0 Å². The Bertz CT molecular complexity index is 421. The van der Waals surface area contributed by atoms with Crippen molar-refractivity contribution in [3.63, 3.8) is 0 Å². The van der Waals surface area contributed by atoms with Crippen molar-refractivity contribution in [2.24, 2.45) is 5.92 Å². The third-order valence-corrected chi connectivity index (χ3v) is 4.84. The lowest BCUT2D eigenvalue weighted by molar-refractivity contribution is 0.0605. The van der Waals surface area contributed by atoms with E-state index in [2.05, 4.69) is 34.2 Å². The van der Waals surface area contributed by atoms with E-state index in [1.807, 2.05) is 12.1 Å². The highest BCUT2D eigenvalue weighted by atomic mass is 79.9. The minimum Gasteiger partial charge on any atom is -0.381 e. The predicted molar refractivity (Wildman–Crippen MR) is 88.3 cm³/mol. The van der Waals surface area contributed by atoms with Crippen molar-refractivity contribution >= 4 is 27.5 Å². The molecule has 1 aliphatic rings. The van der Waals surface area contributed by atoms with Crippen LogP contribution < -0.4 is 5.32 Å². The van der Waals surface area contributed by atoms with Crippen LogP contribution in [0.1, 0.15) is 44.2 Å². The Labute approximate surface area is 135 Å². The number of halogens is 2. The van der Waals surface area contributed by atoms with Gasteiger partial charge in [-0.15, -0.1) is 0 Å². The molecule has 2 rings (SSSR count). The molecule has 20 heavy (non-hydrogen) atoms. The van der Waals surface area contributed by atoms with Crippen LogP contribution in [0.2, 0.25) is 5.02 Å². The molecule has 0 bridgehead atoms. The quantitative estimate of drug-likeness (QED) is 0.774. The zero-order chi connectivity index (χ0) is 14.4. The molecule has 1 aromatic carbocycles. The number of benzene rings is 1. The van der Waals surface area contributed by atoms with Crippen molar-refractivity contribution in [1.82, 2.24) is 5.32 Å². The van der Waals surface area contributed by atoms with Gasteiger partial charge >= 0.3 is 0 Å². The Kier molecular flexibility index (Phi) is 6.82. The first-order valence-corrected chi connectivity index (χ1v) is 8.64. The lowest BCUT2D eigenvalue weighted by Crippen LogP contribution is -2.27. The molecule has 1 aliphatic heterocycles. The van der Waals surface area contributed by atoms with E-state index in [-0.39, 0.29) is 0 Å². The molecule has 1 atom stereocenters. The molecule has 112 valence electrons. The fraction of sp³-hybridized carbons (Fsp3) is 0.625. The van der Waals surface area contributed by atoms with E-state index < -0.39 is 0 Å². The Morgan fingerprint density at radius 3 is 2.85 bits per heavy atom. The Hall–Kier alpha value is -0.0900. The van der Waals surface area contributed by atoms with Gasteiger partial charge in [0.05, 0.1) is 0 Å². The molecule has 1 unspecified atom stereocenters. The third-order valence-electron chi connectivity index (χ3n) is 3.88. The fourth-order valence-electron chi connectivity index (χ4n) is 2.74. The van der Waals surface area contributed by atoms with Crippen LogP contribution >= 0.6 is 27.5 Å². The topological polar surface area (TPSA) is 21.3 Å². The van der Waals surface area contributed by atoms with Gasteiger partial charge in [0.15, 0.2) is 0 Å². The predicted octanol–water partition coefficient (Wildman–Crippen LogP) is 4.96. The summed E-state index contributed by atoms with van der Waals surface area (Å²) in [5.41, 5.74) is 1.28. The van der Waals surface area contributed by atoms with Crippen LogP contribution in [0.4, 0.5) is 0 Å². The maximum atomic E-state index is 6.17. The smallest absolute Gasteiger partial charge is 0.0468 e. The van der Waals surface area contributed by atoms with Gasteiger partial charge in [0.2, 0.25) is 0 Å². The number of ether oxygens (including phenoxy) is 1. The third kappa shape index (κ3) is 4.73. The van der Waals surface area contributed by atoms with Crippen LogP contribution in [0.25, 0.3) is 0 Å². The van der Waals surface area contributed by atoms with Gasteiger partial charge in [-0.05, 0) is 61.9 Å². The SMILES string of the molecule is CCCNC(CC1CCOCC1)c1cc(Cl)ccc1Br. The second-order valence-corrected chi connectivity index (χ2v) is 6.75. The second-order valence-electron chi connectivity index (χ2n) is 5.46. The monoisotopic (exact) mass is 359 g/mol. The summed E-state index contributed by atoms with van der Waals surface area (Å²) in [6.07, 6.45) is 4.63. The molecule has 0 spiro atoms. The van der Waals surface area contributed by atoms with Gasteiger partial charge in [-0.2, -0.15) is 0 Å². The van der Waals surface area contributed by atoms with Crippen LogP contribution in [0.15, 0.2) is 22.7 Å². The molecule has 1 saturated heterocycles. The molecule has 1 aromatic rings. The minimum absolute atomic E-state index is 0.367. The second kappa shape index (κ2) is 8.38. The molecule has 1 fully saturated rings. The van der Waals surface area contributed by atoms with Crippen molar-refractivity contribution in [2.75, 3.05) is 19.8 Å². The van der Waals surface area contributed by atoms with E-state index in [0.717, 1.165) is 48.0 Å². The molecule has 1 N–H and O–H groups in total. The molecular weight excluding hydrogens is 338 g/mol. The minimum atomic E-state index is 0.367. The van der Waals surface area contributed by atoms with Gasteiger partial charge in [-0.3, -0.25) is 0 Å². The highest BCUT2D eigenvalue weighted by Gasteiger charge is 2.21. The van der Waals surface area contributed by atoms with Gasteiger partial charge in [0, 0.05) is 28.8 Å². The van der Waals surface area contributed by atoms with E-state index in [0.29, 0.717) is 6.04 Å². The van der Waals surface area contributed by atoms with Crippen molar-refractivity contribution in [2.45, 2.75) is 38.6 Å². The first-order valence-electron chi connectivity index (χ1n) is 7.46. The van der Waals surface area contributed by atoms with E-state index in [1.54, 1.807) is 0 Å². The average Bonchev–Trinajstić information content (AvgIpc) is 2.47. The maximum absolute atomic E-state index is 6.17. The van der Waals surface area contributed by atoms with Gasteiger partial charge < -0.3 is 10.1 Å². The van der Waals surface area contributed by atoms with Crippen LogP contribution in [0, 0.1) is 5.92 Å². The average molecular weight is 361 g/mol. The lowest BCUT2D eigenvalue weighted by atomic mass is 9.89. The summed E-state index contributed by atoms with van der Waals surface area (Å²) >= 11 is 9.83. The van der Waals surface area contributed by atoms with Crippen LogP contribution in [-0.4, -0.2) is 19.8 Å². The summed E-state index contributed by atoms with van der Waals surface area (Å²) in [4.78, 5) is 0. The number of rotatable bonds is 6. The molecule has 0 saturated carbocycles. The van der Waals surface area contributed by atoms with Crippen molar-refractivity contribution in [3.8, 4) is 0 Å². The zero-order valence-electron chi connectivity index (χ0n) is 12.0. The molecular formula is C16H23BrClNO. The fourth-order valence-corrected chi connectivity index (χ4v) is 3.44. The molecule has 0 aliphatic carbocycles. The summed E-state index contributed by atoms with van der Waals surface area (Å²) in [6, 6.07) is 6.42. The summed E-state index contributed by atoms with van der Waals surface area (Å²) in [6.45, 7) is 5.04.